The highest BCUT2D eigenvalue weighted by molar-refractivity contribution is 5.89. The number of aryl methyl sites for hydroxylation is 1. The molecule has 1 heterocycles. The number of oxazole rings is 1. The number of carbonyl (C=O) groups excluding carboxylic acids is 1. The highest BCUT2D eigenvalue weighted by Gasteiger charge is 2.23. The van der Waals surface area contributed by atoms with Crippen LogP contribution in [0, 0.1) is 6.92 Å². The zero-order valence-corrected chi connectivity index (χ0v) is 12.3. The molecule has 1 aromatic carbocycles. The lowest BCUT2D eigenvalue weighted by atomic mass is 10.1. The van der Waals surface area contributed by atoms with Crippen LogP contribution in [0.2, 0.25) is 0 Å². The van der Waals surface area contributed by atoms with Crippen molar-refractivity contribution in [2.24, 2.45) is 0 Å². The zero-order chi connectivity index (χ0) is 14.7. The minimum absolute atomic E-state index is 0.0705. The quantitative estimate of drug-likeness (QED) is 0.791. The molecule has 0 N–H and O–H groups in total. The van der Waals surface area contributed by atoms with Crippen LogP contribution in [0.1, 0.15) is 48.5 Å². The van der Waals surface area contributed by atoms with E-state index >= 15 is 0 Å². The zero-order valence-electron chi connectivity index (χ0n) is 12.3. The van der Waals surface area contributed by atoms with Gasteiger partial charge in [0.15, 0.2) is 5.69 Å². The van der Waals surface area contributed by atoms with E-state index in [-0.39, 0.29) is 11.6 Å². The molecule has 0 fully saturated rings. The number of ether oxygens (including phenoxy) is 1. The van der Waals surface area contributed by atoms with Crippen molar-refractivity contribution in [1.82, 2.24) is 4.98 Å². The minimum atomic E-state index is -0.432. The summed E-state index contributed by atoms with van der Waals surface area (Å²) in [5.74, 6) is 0.662. The van der Waals surface area contributed by atoms with Crippen molar-refractivity contribution in [3.63, 3.8) is 0 Å². The second-order valence-electron chi connectivity index (χ2n) is 4.97. The molecule has 0 aliphatic heterocycles. The molecule has 4 heteroatoms. The Morgan fingerprint density at radius 1 is 1.30 bits per heavy atom. The fraction of sp³-hybridized carbons (Fsp3) is 0.375. The van der Waals surface area contributed by atoms with E-state index in [1.165, 1.54) is 0 Å². The topological polar surface area (TPSA) is 52.3 Å². The molecule has 1 aromatic heterocycles. The van der Waals surface area contributed by atoms with E-state index < -0.39 is 5.97 Å². The summed E-state index contributed by atoms with van der Waals surface area (Å²) in [6.07, 6.45) is 0. The fourth-order valence-electron chi connectivity index (χ4n) is 1.89. The van der Waals surface area contributed by atoms with Crippen LogP contribution in [0.5, 0.6) is 0 Å². The van der Waals surface area contributed by atoms with Gasteiger partial charge in [-0.3, -0.25) is 0 Å². The molecule has 0 saturated heterocycles. The van der Waals surface area contributed by atoms with Crippen LogP contribution < -0.4 is 0 Å². The molecule has 0 unspecified atom stereocenters. The third-order valence-electron chi connectivity index (χ3n) is 2.95. The fourth-order valence-corrected chi connectivity index (χ4v) is 1.89. The van der Waals surface area contributed by atoms with Gasteiger partial charge in [-0.2, -0.15) is 0 Å². The second-order valence-corrected chi connectivity index (χ2v) is 4.97. The van der Waals surface area contributed by atoms with Gasteiger partial charge < -0.3 is 9.15 Å². The highest BCUT2D eigenvalue weighted by Crippen LogP contribution is 2.27. The molecule has 20 heavy (non-hydrogen) atoms. The number of carbonyl (C=O) groups is 1. The van der Waals surface area contributed by atoms with Gasteiger partial charge in [-0.15, -0.1) is 0 Å². The van der Waals surface area contributed by atoms with Crippen molar-refractivity contribution in [1.29, 1.82) is 0 Å². The molecular formula is C16H19NO3. The maximum absolute atomic E-state index is 11.9. The summed E-state index contributed by atoms with van der Waals surface area (Å²) in [7, 11) is 0. The molecule has 106 valence electrons. The van der Waals surface area contributed by atoms with Gasteiger partial charge in [-0.25, -0.2) is 9.78 Å². The predicted molar refractivity (Wildman–Crippen MR) is 76.7 cm³/mol. The standard InChI is InChI=1S/C16H19NO3/c1-5-19-16(18)13-14(10(2)3)20-15(17-13)12-8-6-11(4)7-9-12/h6-10H,5H2,1-4H3. The summed E-state index contributed by atoms with van der Waals surface area (Å²) in [4.78, 5) is 16.2. The number of hydrogen-bond acceptors (Lipinski definition) is 4. The number of rotatable bonds is 4. The first kappa shape index (κ1) is 14.3. The molecule has 0 spiro atoms. The van der Waals surface area contributed by atoms with Crippen LogP contribution >= 0.6 is 0 Å². The average molecular weight is 273 g/mol. The van der Waals surface area contributed by atoms with Gasteiger partial charge in [0.1, 0.15) is 5.76 Å². The molecule has 4 nitrogen and oxygen atoms in total. The molecule has 0 atom stereocenters. The van der Waals surface area contributed by atoms with Crippen LogP contribution in [0.3, 0.4) is 0 Å². The van der Waals surface area contributed by atoms with E-state index in [2.05, 4.69) is 4.98 Å². The first-order valence-electron chi connectivity index (χ1n) is 6.77. The molecule has 2 aromatic rings. The Morgan fingerprint density at radius 2 is 1.95 bits per heavy atom. The number of benzene rings is 1. The first-order chi connectivity index (χ1) is 9.52. The largest absolute Gasteiger partial charge is 0.461 e. The van der Waals surface area contributed by atoms with Crippen LogP contribution in [-0.2, 0) is 4.74 Å². The SMILES string of the molecule is CCOC(=O)c1nc(-c2ccc(C)cc2)oc1C(C)C. The van der Waals surface area contributed by atoms with Crippen LogP contribution in [0.4, 0.5) is 0 Å². The maximum atomic E-state index is 11.9. The number of esters is 1. The van der Waals surface area contributed by atoms with Gasteiger partial charge in [0, 0.05) is 11.5 Å². The summed E-state index contributed by atoms with van der Waals surface area (Å²) >= 11 is 0. The first-order valence-corrected chi connectivity index (χ1v) is 6.77. The number of aromatic nitrogens is 1. The molecular weight excluding hydrogens is 254 g/mol. The summed E-state index contributed by atoms with van der Waals surface area (Å²) in [6, 6.07) is 7.83. The maximum Gasteiger partial charge on any atom is 0.360 e. The third kappa shape index (κ3) is 2.90. The van der Waals surface area contributed by atoms with Crippen LogP contribution in [0.15, 0.2) is 28.7 Å². The molecule has 0 amide bonds. The third-order valence-corrected chi connectivity index (χ3v) is 2.95. The predicted octanol–water partition coefficient (Wildman–Crippen LogP) is 3.95. The monoisotopic (exact) mass is 273 g/mol. The van der Waals surface area contributed by atoms with Crippen molar-refractivity contribution in [2.45, 2.75) is 33.6 Å². The van der Waals surface area contributed by atoms with E-state index in [4.69, 9.17) is 9.15 Å². The summed E-state index contributed by atoms with van der Waals surface area (Å²) in [5, 5.41) is 0. The molecule has 0 bridgehead atoms. The van der Waals surface area contributed by atoms with Gasteiger partial charge in [0.25, 0.3) is 0 Å². The average Bonchev–Trinajstić information content (AvgIpc) is 2.85. The Balaban J connectivity index is 2.43. The Morgan fingerprint density at radius 3 is 2.50 bits per heavy atom. The van der Waals surface area contributed by atoms with Gasteiger partial charge >= 0.3 is 5.97 Å². The van der Waals surface area contributed by atoms with Gasteiger partial charge in [0.05, 0.1) is 6.61 Å². The van der Waals surface area contributed by atoms with Gasteiger partial charge in [0.2, 0.25) is 5.89 Å². The Labute approximate surface area is 118 Å². The van der Waals surface area contributed by atoms with Crippen molar-refractivity contribution in [3.05, 3.63) is 41.3 Å². The number of nitrogens with zero attached hydrogens (tertiary/aromatic N) is 1. The van der Waals surface area contributed by atoms with Crippen molar-refractivity contribution in [2.75, 3.05) is 6.61 Å². The van der Waals surface area contributed by atoms with Crippen molar-refractivity contribution in [3.8, 4) is 11.5 Å². The lowest BCUT2D eigenvalue weighted by molar-refractivity contribution is 0.0517. The van der Waals surface area contributed by atoms with E-state index in [0.29, 0.717) is 18.3 Å². The molecule has 0 aliphatic carbocycles. The number of hydrogen-bond donors (Lipinski definition) is 0. The van der Waals surface area contributed by atoms with Crippen molar-refractivity contribution >= 4 is 5.97 Å². The van der Waals surface area contributed by atoms with E-state index in [1.54, 1.807) is 6.92 Å². The summed E-state index contributed by atoms with van der Waals surface area (Å²) in [6.45, 7) is 8.03. The van der Waals surface area contributed by atoms with E-state index in [9.17, 15) is 4.79 Å². The Bertz CT molecular complexity index is 597. The molecule has 0 radical (unpaired) electrons. The normalized spacial score (nSPS) is 10.8. The molecule has 0 aliphatic rings. The Hall–Kier alpha value is -2.10. The van der Waals surface area contributed by atoms with Gasteiger partial charge in [-0.05, 0) is 26.0 Å². The molecule has 2 rings (SSSR count). The van der Waals surface area contributed by atoms with Gasteiger partial charge in [-0.1, -0.05) is 31.5 Å². The van der Waals surface area contributed by atoms with Crippen LogP contribution in [0.25, 0.3) is 11.5 Å². The minimum Gasteiger partial charge on any atom is -0.461 e. The summed E-state index contributed by atoms with van der Waals surface area (Å²) < 4.78 is 10.8. The summed E-state index contributed by atoms with van der Waals surface area (Å²) in [5.41, 5.74) is 2.29. The lowest BCUT2D eigenvalue weighted by Crippen LogP contribution is -2.08. The Kier molecular flexibility index (Phi) is 4.23. The second kappa shape index (κ2) is 5.90. The van der Waals surface area contributed by atoms with Crippen molar-refractivity contribution < 1.29 is 13.9 Å². The van der Waals surface area contributed by atoms with E-state index in [0.717, 1.165) is 11.1 Å². The van der Waals surface area contributed by atoms with E-state index in [1.807, 2.05) is 45.0 Å². The highest BCUT2D eigenvalue weighted by atomic mass is 16.5. The lowest BCUT2D eigenvalue weighted by Gasteiger charge is -2.02. The van der Waals surface area contributed by atoms with Crippen LogP contribution in [-0.4, -0.2) is 17.6 Å². The molecule has 0 saturated carbocycles. The smallest absolute Gasteiger partial charge is 0.360 e.